The van der Waals surface area contributed by atoms with Crippen molar-refractivity contribution in [2.24, 2.45) is 11.7 Å². The Kier molecular flexibility index (Phi) is 4.74. The van der Waals surface area contributed by atoms with Crippen molar-refractivity contribution in [2.75, 3.05) is 18.1 Å². The highest BCUT2D eigenvalue weighted by Gasteiger charge is 2.38. The third-order valence-electron chi connectivity index (χ3n) is 5.63. The molecule has 0 aromatic heterocycles. The molecule has 2 aliphatic rings. The van der Waals surface area contributed by atoms with Crippen LogP contribution in [0.25, 0.3) is 0 Å². The summed E-state index contributed by atoms with van der Waals surface area (Å²) < 4.78 is 5.47. The van der Waals surface area contributed by atoms with Gasteiger partial charge in [0.15, 0.2) is 0 Å². The summed E-state index contributed by atoms with van der Waals surface area (Å²) in [4.78, 5) is 14.2. The van der Waals surface area contributed by atoms with Crippen molar-refractivity contribution >= 4 is 11.6 Å². The predicted octanol–water partition coefficient (Wildman–Crippen LogP) is 3.36. The summed E-state index contributed by atoms with van der Waals surface area (Å²) in [6.45, 7) is 7.62. The van der Waals surface area contributed by atoms with Gasteiger partial charge in [-0.25, -0.2) is 0 Å². The van der Waals surface area contributed by atoms with Gasteiger partial charge < -0.3 is 15.4 Å². The average Bonchev–Trinajstić information content (AvgIpc) is 2.58. The van der Waals surface area contributed by atoms with Crippen molar-refractivity contribution in [3.63, 3.8) is 0 Å². The fourth-order valence-electron chi connectivity index (χ4n) is 4.24. The van der Waals surface area contributed by atoms with E-state index in [2.05, 4.69) is 32.0 Å². The van der Waals surface area contributed by atoms with Crippen LogP contribution in [0.3, 0.4) is 0 Å². The van der Waals surface area contributed by atoms with Gasteiger partial charge in [0.05, 0.1) is 0 Å². The first-order valence-electron chi connectivity index (χ1n) is 8.81. The molecule has 4 nitrogen and oxygen atoms in total. The summed E-state index contributed by atoms with van der Waals surface area (Å²) in [7, 11) is 0. The third-order valence-corrected chi connectivity index (χ3v) is 5.63. The third kappa shape index (κ3) is 2.90. The van der Waals surface area contributed by atoms with Crippen molar-refractivity contribution in [2.45, 2.75) is 58.0 Å². The van der Waals surface area contributed by atoms with E-state index >= 15 is 0 Å². The van der Waals surface area contributed by atoms with Crippen molar-refractivity contribution in [1.29, 1.82) is 0 Å². The lowest BCUT2D eigenvalue weighted by Crippen LogP contribution is -2.50. The molecule has 1 aromatic rings. The molecule has 1 aromatic carbocycles. The molecular formula is C19H28N2O2. The number of hydrogen-bond acceptors (Lipinski definition) is 3. The number of amides is 1. The van der Waals surface area contributed by atoms with Gasteiger partial charge in [-0.3, -0.25) is 4.79 Å². The molecule has 2 heterocycles. The topological polar surface area (TPSA) is 55.6 Å². The Morgan fingerprint density at radius 2 is 2.04 bits per heavy atom. The van der Waals surface area contributed by atoms with Crippen LogP contribution in [-0.2, 0) is 9.53 Å². The minimum atomic E-state index is -0.00894. The van der Waals surface area contributed by atoms with Crippen LogP contribution in [0.15, 0.2) is 18.2 Å². The SMILES string of the molecule is CC[C@H]1[C@H](C)[C@@H](N)c2cc(C3CCOCC3)ccc2N1C(C)=O. The molecule has 0 unspecified atom stereocenters. The minimum Gasteiger partial charge on any atom is -0.381 e. The molecule has 1 fully saturated rings. The zero-order chi connectivity index (χ0) is 16.6. The van der Waals surface area contributed by atoms with Crippen LogP contribution >= 0.6 is 0 Å². The number of fused-ring (bicyclic) bond motifs is 1. The van der Waals surface area contributed by atoms with Crippen molar-refractivity contribution < 1.29 is 9.53 Å². The van der Waals surface area contributed by atoms with Crippen LogP contribution in [0.1, 0.15) is 63.1 Å². The van der Waals surface area contributed by atoms with Crippen molar-refractivity contribution in [1.82, 2.24) is 0 Å². The van der Waals surface area contributed by atoms with E-state index in [1.165, 1.54) is 5.56 Å². The van der Waals surface area contributed by atoms with Gasteiger partial charge in [0.25, 0.3) is 0 Å². The second kappa shape index (κ2) is 6.62. The summed E-state index contributed by atoms with van der Waals surface area (Å²) >= 11 is 0. The van der Waals surface area contributed by atoms with E-state index in [1.807, 2.05) is 4.90 Å². The van der Waals surface area contributed by atoms with E-state index in [-0.39, 0.29) is 23.9 Å². The Hall–Kier alpha value is -1.39. The van der Waals surface area contributed by atoms with E-state index in [9.17, 15) is 4.79 Å². The lowest BCUT2D eigenvalue weighted by atomic mass is 9.79. The minimum absolute atomic E-state index is 0.00894. The van der Waals surface area contributed by atoms with Crippen LogP contribution in [-0.4, -0.2) is 25.2 Å². The molecule has 2 N–H and O–H groups in total. The Morgan fingerprint density at radius 1 is 1.35 bits per heavy atom. The summed E-state index contributed by atoms with van der Waals surface area (Å²) in [5, 5.41) is 0. The van der Waals surface area contributed by atoms with Gasteiger partial charge in [-0.1, -0.05) is 26.0 Å². The van der Waals surface area contributed by atoms with E-state index < -0.39 is 0 Å². The number of carbonyl (C=O) groups is 1. The highest BCUT2D eigenvalue weighted by molar-refractivity contribution is 5.94. The van der Waals surface area contributed by atoms with E-state index in [0.29, 0.717) is 5.92 Å². The standard InChI is InChI=1S/C19H28N2O2/c1-4-17-12(2)19(20)16-11-15(14-7-9-23-10-8-14)5-6-18(16)21(17)13(3)22/h5-6,11-12,14,17,19H,4,7-10,20H2,1-3H3/t12-,17-,19+/m0/s1. The van der Waals surface area contributed by atoms with Crippen LogP contribution < -0.4 is 10.6 Å². The van der Waals surface area contributed by atoms with Gasteiger partial charge in [0.1, 0.15) is 0 Å². The fourth-order valence-corrected chi connectivity index (χ4v) is 4.24. The number of hydrogen-bond donors (Lipinski definition) is 1. The molecule has 126 valence electrons. The quantitative estimate of drug-likeness (QED) is 0.910. The van der Waals surface area contributed by atoms with Gasteiger partial charge in [0.2, 0.25) is 5.91 Å². The Labute approximate surface area is 139 Å². The molecule has 0 spiro atoms. The predicted molar refractivity (Wildman–Crippen MR) is 92.6 cm³/mol. The molecular weight excluding hydrogens is 288 g/mol. The molecule has 4 heteroatoms. The van der Waals surface area contributed by atoms with Gasteiger partial charge in [-0.2, -0.15) is 0 Å². The summed E-state index contributed by atoms with van der Waals surface area (Å²) in [6, 6.07) is 6.71. The highest BCUT2D eigenvalue weighted by Crippen LogP contribution is 2.42. The molecule has 23 heavy (non-hydrogen) atoms. The first-order valence-corrected chi connectivity index (χ1v) is 8.81. The maximum atomic E-state index is 12.2. The number of nitrogens with zero attached hydrogens (tertiary/aromatic N) is 1. The number of ether oxygens (including phenoxy) is 1. The molecule has 0 radical (unpaired) electrons. The molecule has 0 saturated carbocycles. The Bertz CT molecular complexity index is 581. The summed E-state index contributed by atoms with van der Waals surface area (Å²) in [6.07, 6.45) is 3.06. The number of nitrogens with two attached hydrogens (primary N) is 1. The first-order chi connectivity index (χ1) is 11.0. The largest absolute Gasteiger partial charge is 0.381 e. The lowest BCUT2D eigenvalue weighted by Gasteiger charge is -2.44. The van der Waals surface area contributed by atoms with E-state index in [0.717, 1.165) is 43.7 Å². The Morgan fingerprint density at radius 3 is 2.65 bits per heavy atom. The van der Waals surface area contributed by atoms with Crippen LogP contribution in [0.2, 0.25) is 0 Å². The molecule has 1 amide bonds. The van der Waals surface area contributed by atoms with E-state index in [1.54, 1.807) is 6.92 Å². The number of carbonyl (C=O) groups excluding carboxylic acids is 1. The molecule has 3 atom stereocenters. The van der Waals surface area contributed by atoms with Gasteiger partial charge in [-0.15, -0.1) is 0 Å². The maximum absolute atomic E-state index is 12.2. The normalized spacial score (nSPS) is 28.5. The fraction of sp³-hybridized carbons (Fsp3) is 0.632. The second-order valence-electron chi connectivity index (χ2n) is 6.95. The van der Waals surface area contributed by atoms with Gasteiger partial charge in [0, 0.05) is 37.9 Å². The number of benzene rings is 1. The number of rotatable bonds is 2. The van der Waals surface area contributed by atoms with E-state index in [4.69, 9.17) is 10.5 Å². The van der Waals surface area contributed by atoms with Crippen molar-refractivity contribution in [3.8, 4) is 0 Å². The van der Waals surface area contributed by atoms with Gasteiger partial charge >= 0.3 is 0 Å². The second-order valence-corrected chi connectivity index (χ2v) is 6.95. The summed E-state index contributed by atoms with van der Waals surface area (Å²) in [5.41, 5.74) is 10.0. The highest BCUT2D eigenvalue weighted by atomic mass is 16.5. The smallest absolute Gasteiger partial charge is 0.224 e. The van der Waals surface area contributed by atoms with Crippen LogP contribution in [0.4, 0.5) is 5.69 Å². The molecule has 1 saturated heterocycles. The van der Waals surface area contributed by atoms with Gasteiger partial charge in [-0.05, 0) is 48.3 Å². The van der Waals surface area contributed by atoms with Crippen molar-refractivity contribution in [3.05, 3.63) is 29.3 Å². The molecule has 0 bridgehead atoms. The molecule has 0 aliphatic carbocycles. The summed E-state index contributed by atoms with van der Waals surface area (Å²) in [5.74, 6) is 0.920. The Balaban J connectivity index is 2.01. The zero-order valence-electron chi connectivity index (χ0n) is 14.4. The number of anilines is 1. The average molecular weight is 316 g/mol. The van der Waals surface area contributed by atoms with Crippen LogP contribution in [0.5, 0.6) is 0 Å². The maximum Gasteiger partial charge on any atom is 0.224 e. The lowest BCUT2D eigenvalue weighted by molar-refractivity contribution is -0.117. The van der Waals surface area contributed by atoms with Crippen LogP contribution in [0, 0.1) is 5.92 Å². The molecule has 2 aliphatic heterocycles. The molecule has 3 rings (SSSR count). The monoisotopic (exact) mass is 316 g/mol. The zero-order valence-corrected chi connectivity index (χ0v) is 14.4. The first kappa shape index (κ1) is 16.5.